The Labute approximate surface area is 85.0 Å². The molecule has 0 aromatic carbocycles. The Morgan fingerprint density at radius 1 is 0.857 bits per heavy atom. The molecule has 0 amide bonds. The predicted octanol–water partition coefficient (Wildman–Crippen LogP) is 2.54. The maximum absolute atomic E-state index is 4.44. The molecule has 2 rings (SSSR count). The molecule has 14 heavy (non-hydrogen) atoms. The zero-order chi connectivity index (χ0) is 9.97. The SMILES string of the molecule is Cc1nc(C)nc(C2CCCCC2)n1. The Bertz CT molecular complexity index is 296. The van der Waals surface area contributed by atoms with Crippen molar-refractivity contribution >= 4 is 0 Å². The van der Waals surface area contributed by atoms with Crippen LogP contribution in [0, 0.1) is 13.8 Å². The van der Waals surface area contributed by atoms with E-state index >= 15 is 0 Å². The van der Waals surface area contributed by atoms with E-state index in [9.17, 15) is 0 Å². The Hall–Kier alpha value is -0.990. The molecule has 1 aliphatic rings. The van der Waals surface area contributed by atoms with Crippen LogP contribution in [-0.2, 0) is 0 Å². The lowest BCUT2D eigenvalue weighted by Crippen LogP contribution is -2.11. The Morgan fingerprint density at radius 3 is 2.00 bits per heavy atom. The van der Waals surface area contributed by atoms with Crippen molar-refractivity contribution in [3.05, 3.63) is 17.5 Å². The highest BCUT2D eigenvalue weighted by Gasteiger charge is 2.18. The van der Waals surface area contributed by atoms with Crippen LogP contribution in [0.3, 0.4) is 0 Å². The summed E-state index contributed by atoms with van der Waals surface area (Å²) in [4.78, 5) is 13.1. The van der Waals surface area contributed by atoms with Crippen molar-refractivity contribution in [2.75, 3.05) is 0 Å². The van der Waals surface area contributed by atoms with Gasteiger partial charge < -0.3 is 0 Å². The fraction of sp³-hybridized carbons (Fsp3) is 0.727. The van der Waals surface area contributed by atoms with Crippen LogP contribution in [0.25, 0.3) is 0 Å². The molecule has 0 unspecified atom stereocenters. The fourth-order valence-electron chi connectivity index (χ4n) is 2.18. The molecule has 76 valence electrons. The lowest BCUT2D eigenvalue weighted by Gasteiger charge is -2.20. The van der Waals surface area contributed by atoms with E-state index in [4.69, 9.17) is 0 Å². The summed E-state index contributed by atoms with van der Waals surface area (Å²) < 4.78 is 0. The third-order valence-electron chi connectivity index (χ3n) is 2.85. The van der Waals surface area contributed by atoms with Gasteiger partial charge in [-0.3, -0.25) is 0 Å². The van der Waals surface area contributed by atoms with Gasteiger partial charge in [0, 0.05) is 5.92 Å². The van der Waals surface area contributed by atoms with Crippen molar-refractivity contribution in [3.8, 4) is 0 Å². The first-order valence-electron chi connectivity index (χ1n) is 5.45. The lowest BCUT2D eigenvalue weighted by molar-refractivity contribution is 0.426. The minimum absolute atomic E-state index is 0.587. The summed E-state index contributed by atoms with van der Waals surface area (Å²) in [6.45, 7) is 3.89. The van der Waals surface area contributed by atoms with Gasteiger partial charge in [-0.1, -0.05) is 19.3 Å². The second-order valence-corrected chi connectivity index (χ2v) is 4.12. The maximum atomic E-state index is 4.44. The van der Waals surface area contributed by atoms with Crippen molar-refractivity contribution in [2.45, 2.75) is 51.9 Å². The van der Waals surface area contributed by atoms with Crippen molar-refractivity contribution in [1.29, 1.82) is 0 Å². The first-order chi connectivity index (χ1) is 6.75. The zero-order valence-electron chi connectivity index (χ0n) is 8.95. The van der Waals surface area contributed by atoms with E-state index < -0.39 is 0 Å². The van der Waals surface area contributed by atoms with E-state index in [2.05, 4.69) is 15.0 Å². The van der Waals surface area contributed by atoms with Gasteiger partial charge in [-0.2, -0.15) is 0 Å². The molecule has 1 saturated carbocycles. The molecule has 0 N–H and O–H groups in total. The van der Waals surface area contributed by atoms with Crippen LogP contribution >= 0.6 is 0 Å². The van der Waals surface area contributed by atoms with Gasteiger partial charge in [-0.15, -0.1) is 0 Å². The van der Waals surface area contributed by atoms with Gasteiger partial charge in [0.2, 0.25) is 0 Å². The quantitative estimate of drug-likeness (QED) is 0.684. The van der Waals surface area contributed by atoms with Crippen LogP contribution in [0.4, 0.5) is 0 Å². The van der Waals surface area contributed by atoms with E-state index in [0.717, 1.165) is 17.5 Å². The summed E-state index contributed by atoms with van der Waals surface area (Å²) in [5.74, 6) is 3.33. The molecule has 1 aromatic heterocycles. The largest absolute Gasteiger partial charge is 0.219 e. The highest BCUT2D eigenvalue weighted by molar-refractivity contribution is 5.01. The van der Waals surface area contributed by atoms with Gasteiger partial charge in [-0.05, 0) is 26.7 Å². The molecule has 3 heteroatoms. The molecule has 0 bridgehead atoms. The summed E-state index contributed by atoms with van der Waals surface area (Å²) in [5.41, 5.74) is 0. The predicted molar refractivity (Wildman–Crippen MR) is 55.1 cm³/mol. The van der Waals surface area contributed by atoms with Gasteiger partial charge in [0.15, 0.2) is 0 Å². The average molecular weight is 191 g/mol. The van der Waals surface area contributed by atoms with Crippen molar-refractivity contribution in [3.63, 3.8) is 0 Å². The number of rotatable bonds is 1. The molecule has 0 atom stereocenters. The molecular formula is C11H17N3. The molecule has 3 nitrogen and oxygen atoms in total. The maximum Gasteiger partial charge on any atom is 0.135 e. The summed E-state index contributed by atoms with van der Waals surface area (Å²) in [7, 11) is 0. The van der Waals surface area contributed by atoms with Crippen LogP contribution in [0.2, 0.25) is 0 Å². The van der Waals surface area contributed by atoms with Crippen molar-refractivity contribution in [2.24, 2.45) is 0 Å². The molecule has 1 heterocycles. The lowest BCUT2D eigenvalue weighted by atomic mass is 9.89. The smallest absolute Gasteiger partial charge is 0.135 e. The van der Waals surface area contributed by atoms with Crippen molar-refractivity contribution in [1.82, 2.24) is 15.0 Å². The highest BCUT2D eigenvalue weighted by Crippen LogP contribution is 2.30. The van der Waals surface area contributed by atoms with E-state index in [-0.39, 0.29) is 0 Å². The minimum atomic E-state index is 0.587. The Balaban J connectivity index is 2.21. The van der Waals surface area contributed by atoms with E-state index in [1.54, 1.807) is 0 Å². The highest BCUT2D eigenvalue weighted by atomic mass is 15.0. The monoisotopic (exact) mass is 191 g/mol. The first-order valence-corrected chi connectivity index (χ1v) is 5.45. The summed E-state index contributed by atoms with van der Waals surface area (Å²) in [6, 6.07) is 0. The van der Waals surface area contributed by atoms with Crippen LogP contribution in [-0.4, -0.2) is 15.0 Å². The average Bonchev–Trinajstić information content (AvgIpc) is 2.18. The Morgan fingerprint density at radius 2 is 1.43 bits per heavy atom. The van der Waals surface area contributed by atoms with Gasteiger partial charge in [0.05, 0.1) is 0 Å². The first kappa shape index (κ1) is 9.56. The molecule has 0 saturated heterocycles. The third-order valence-corrected chi connectivity index (χ3v) is 2.85. The molecule has 0 spiro atoms. The van der Waals surface area contributed by atoms with E-state index in [1.807, 2.05) is 13.8 Å². The van der Waals surface area contributed by atoms with Gasteiger partial charge in [0.1, 0.15) is 17.5 Å². The van der Waals surface area contributed by atoms with Crippen LogP contribution < -0.4 is 0 Å². The number of aromatic nitrogens is 3. The van der Waals surface area contributed by atoms with Crippen LogP contribution in [0.15, 0.2) is 0 Å². The molecule has 0 aliphatic heterocycles. The second-order valence-electron chi connectivity index (χ2n) is 4.12. The van der Waals surface area contributed by atoms with Crippen LogP contribution in [0.1, 0.15) is 55.5 Å². The van der Waals surface area contributed by atoms with Gasteiger partial charge >= 0.3 is 0 Å². The zero-order valence-corrected chi connectivity index (χ0v) is 8.95. The second kappa shape index (κ2) is 4.03. The topological polar surface area (TPSA) is 38.7 Å². The standard InChI is InChI=1S/C11H17N3/c1-8-12-9(2)14-11(13-8)10-6-4-3-5-7-10/h10H,3-7H2,1-2H3. The van der Waals surface area contributed by atoms with Gasteiger partial charge in [-0.25, -0.2) is 15.0 Å². The number of aryl methyl sites for hydroxylation is 2. The summed E-state index contributed by atoms with van der Waals surface area (Å²) in [6.07, 6.45) is 6.54. The number of hydrogen-bond acceptors (Lipinski definition) is 3. The summed E-state index contributed by atoms with van der Waals surface area (Å²) >= 11 is 0. The molecule has 1 aromatic rings. The van der Waals surface area contributed by atoms with E-state index in [0.29, 0.717) is 5.92 Å². The number of nitrogens with zero attached hydrogens (tertiary/aromatic N) is 3. The molecule has 0 radical (unpaired) electrons. The summed E-state index contributed by atoms with van der Waals surface area (Å²) in [5, 5.41) is 0. The molecule has 1 fully saturated rings. The molecular weight excluding hydrogens is 174 g/mol. The van der Waals surface area contributed by atoms with Gasteiger partial charge in [0.25, 0.3) is 0 Å². The molecule has 1 aliphatic carbocycles. The minimum Gasteiger partial charge on any atom is -0.219 e. The van der Waals surface area contributed by atoms with E-state index in [1.165, 1.54) is 32.1 Å². The Kier molecular flexibility index (Phi) is 2.75. The van der Waals surface area contributed by atoms with Crippen LogP contribution in [0.5, 0.6) is 0 Å². The normalized spacial score (nSPS) is 18.4. The van der Waals surface area contributed by atoms with Crippen molar-refractivity contribution < 1.29 is 0 Å². The third kappa shape index (κ3) is 2.08. The number of hydrogen-bond donors (Lipinski definition) is 0. The fourth-order valence-corrected chi connectivity index (χ4v) is 2.18.